The zero-order valence-electron chi connectivity index (χ0n) is 15.6. The van der Waals surface area contributed by atoms with E-state index in [1.54, 1.807) is 24.3 Å². The predicted molar refractivity (Wildman–Crippen MR) is 111 cm³/mol. The van der Waals surface area contributed by atoms with E-state index in [4.69, 9.17) is 0 Å². The maximum atomic E-state index is 14.3. The fourth-order valence-electron chi connectivity index (χ4n) is 4.12. The Kier molecular flexibility index (Phi) is 4.13. The topological polar surface area (TPSA) is 4.93 Å². The molecule has 0 saturated carbocycles. The highest BCUT2D eigenvalue weighted by Crippen LogP contribution is 2.42. The number of hydrogen-bond acceptors (Lipinski definition) is 0. The highest BCUT2D eigenvalue weighted by molar-refractivity contribution is 6.09. The van der Waals surface area contributed by atoms with E-state index < -0.39 is 17.6 Å². The van der Waals surface area contributed by atoms with Crippen molar-refractivity contribution in [2.45, 2.75) is 6.18 Å². The van der Waals surface area contributed by atoms with Gasteiger partial charge in [-0.1, -0.05) is 66.7 Å². The molecule has 0 fully saturated rings. The summed E-state index contributed by atoms with van der Waals surface area (Å²) in [5.41, 5.74) is 1.19. The summed E-state index contributed by atoms with van der Waals surface area (Å²) in [6.07, 6.45) is -4.81. The van der Waals surface area contributed by atoms with E-state index in [9.17, 15) is 17.6 Å². The van der Waals surface area contributed by atoms with Crippen LogP contribution in [0.15, 0.2) is 91.0 Å². The zero-order valence-corrected chi connectivity index (χ0v) is 15.6. The van der Waals surface area contributed by atoms with Crippen molar-refractivity contribution in [3.63, 3.8) is 0 Å². The van der Waals surface area contributed by atoms with Gasteiger partial charge in [0, 0.05) is 16.3 Å². The van der Waals surface area contributed by atoms with E-state index in [2.05, 4.69) is 0 Å². The van der Waals surface area contributed by atoms with Crippen LogP contribution in [-0.4, -0.2) is 4.57 Å². The van der Waals surface area contributed by atoms with Crippen LogP contribution in [0.3, 0.4) is 0 Å². The van der Waals surface area contributed by atoms with Crippen molar-refractivity contribution in [1.29, 1.82) is 0 Å². The lowest BCUT2D eigenvalue weighted by molar-refractivity contribution is -0.139. The highest BCUT2D eigenvalue weighted by atomic mass is 19.4. The van der Waals surface area contributed by atoms with Crippen LogP contribution in [-0.2, 0) is 6.18 Å². The van der Waals surface area contributed by atoms with Gasteiger partial charge in [-0.2, -0.15) is 13.2 Å². The first kappa shape index (κ1) is 18.4. The van der Waals surface area contributed by atoms with Crippen LogP contribution < -0.4 is 0 Å². The average molecular weight is 405 g/mol. The van der Waals surface area contributed by atoms with Crippen molar-refractivity contribution in [1.82, 2.24) is 4.57 Å². The van der Waals surface area contributed by atoms with Crippen LogP contribution in [0.25, 0.3) is 38.6 Å². The van der Waals surface area contributed by atoms with Gasteiger partial charge in [0.2, 0.25) is 0 Å². The third-order valence-electron chi connectivity index (χ3n) is 5.31. The Bertz CT molecular complexity index is 1340. The van der Waals surface area contributed by atoms with Gasteiger partial charge in [0.1, 0.15) is 5.82 Å². The molecule has 0 saturated heterocycles. The van der Waals surface area contributed by atoms with Crippen molar-refractivity contribution in [2.75, 3.05) is 0 Å². The first-order valence-electron chi connectivity index (χ1n) is 9.40. The highest BCUT2D eigenvalue weighted by Gasteiger charge is 2.37. The van der Waals surface area contributed by atoms with Crippen molar-refractivity contribution in [3.8, 4) is 16.8 Å². The molecule has 30 heavy (non-hydrogen) atoms. The van der Waals surface area contributed by atoms with Crippen LogP contribution >= 0.6 is 0 Å². The summed E-state index contributed by atoms with van der Waals surface area (Å²) in [6, 6.07) is 25.8. The number of nitrogens with zero attached hydrogens (tertiary/aromatic N) is 1. The molecule has 1 nitrogen and oxygen atoms in total. The molecular formula is C25H15F4N. The number of para-hydroxylation sites is 3. The summed E-state index contributed by atoms with van der Waals surface area (Å²) in [5.74, 6) is -1.28. The van der Waals surface area contributed by atoms with Crippen molar-refractivity contribution >= 4 is 21.8 Å². The molecule has 0 amide bonds. The van der Waals surface area contributed by atoms with Gasteiger partial charge in [-0.3, -0.25) is 0 Å². The Hall–Kier alpha value is -3.60. The van der Waals surface area contributed by atoms with E-state index >= 15 is 0 Å². The number of aromatic nitrogens is 1. The maximum absolute atomic E-state index is 14.3. The molecule has 5 aromatic rings. The molecule has 4 aromatic carbocycles. The molecule has 5 heteroatoms. The molecule has 5 rings (SSSR count). The van der Waals surface area contributed by atoms with Crippen molar-refractivity contribution in [3.05, 3.63) is 102 Å². The Morgan fingerprint density at radius 2 is 1.10 bits per heavy atom. The molecular weight excluding hydrogens is 390 g/mol. The molecule has 0 spiro atoms. The van der Waals surface area contributed by atoms with Gasteiger partial charge in [-0.15, -0.1) is 0 Å². The van der Waals surface area contributed by atoms with E-state index in [0.29, 0.717) is 11.3 Å². The van der Waals surface area contributed by atoms with E-state index in [1.165, 1.54) is 12.1 Å². The van der Waals surface area contributed by atoms with Crippen LogP contribution in [0.4, 0.5) is 17.6 Å². The van der Waals surface area contributed by atoms with Gasteiger partial charge < -0.3 is 4.57 Å². The van der Waals surface area contributed by atoms with Crippen molar-refractivity contribution < 1.29 is 17.6 Å². The van der Waals surface area contributed by atoms with Crippen LogP contribution in [0.5, 0.6) is 0 Å². The second kappa shape index (κ2) is 6.73. The Morgan fingerprint density at radius 3 is 1.73 bits per heavy atom. The molecule has 0 radical (unpaired) electrons. The second-order valence-electron chi connectivity index (χ2n) is 7.05. The average Bonchev–Trinajstić information content (AvgIpc) is 3.07. The number of benzene rings is 4. The molecule has 0 bridgehead atoms. The Balaban J connectivity index is 1.90. The lowest BCUT2D eigenvalue weighted by atomic mass is 9.97. The van der Waals surface area contributed by atoms with Crippen LogP contribution in [0, 0.1) is 5.82 Å². The van der Waals surface area contributed by atoms with Gasteiger partial charge >= 0.3 is 6.18 Å². The normalized spacial score (nSPS) is 12.0. The minimum absolute atomic E-state index is 0.181. The molecule has 0 atom stereocenters. The Labute approximate surface area is 169 Å². The summed E-state index contributed by atoms with van der Waals surface area (Å²) >= 11 is 0. The standard InChI is InChI=1S/C25H15F4N/c26-20-12-7-11-19(24(20)25(27,28)29)18-10-3-6-15-23(18)30-21-13-4-1-8-16(21)17-9-2-5-14-22(17)30/h1-15H. The lowest BCUT2D eigenvalue weighted by Gasteiger charge is -2.18. The molecule has 0 aliphatic heterocycles. The minimum Gasteiger partial charge on any atom is -0.309 e. The SMILES string of the molecule is Fc1cccc(-c2ccccc2-n2c3ccccc3c3ccccc32)c1C(F)(F)F. The van der Waals surface area contributed by atoms with Crippen molar-refractivity contribution in [2.24, 2.45) is 0 Å². The molecule has 148 valence electrons. The molecule has 0 unspecified atom stereocenters. The van der Waals surface area contributed by atoms with Gasteiger partial charge in [0.25, 0.3) is 0 Å². The first-order chi connectivity index (χ1) is 14.5. The molecule has 0 aliphatic carbocycles. The molecule has 1 heterocycles. The van der Waals surface area contributed by atoms with Gasteiger partial charge in [0.15, 0.2) is 0 Å². The summed E-state index contributed by atoms with van der Waals surface area (Å²) < 4.78 is 57.4. The van der Waals surface area contributed by atoms with Crippen LogP contribution in [0.1, 0.15) is 5.56 Å². The number of fused-ring (bicyclic) bond motifs is 3. The van der Waals surface area contributed by atoms with Gasteiger partial charge in [0.05, 0.1) is 22.3 Å². The Morgan fingerprint density at radius 1 is 0.567 bits per heavy atom. The molecule has 1 aromatic heterocycles. The van der Waals surface area contributed by atoms with E-state index in [-0.39, 0.29) is 5.56 Å². The summed E-state index contributed by atoms with van der Waals surface area (Å²) in [6.45, 7) is 0. The monoisotopic (exact) mass is 405 g/mol. The third kappa shape index (κ3) is 2.77. The van der Waals surface area contributed by atoms with Crippen LogP contribution in [0.2, 0.25) is 0 Å². The second-order valence-corrected chi connectivity index (χ2v) is 7.05. The number of rotatable bonds is 2. The number of hydrogen-bond donors (Lipinski definition) is 0. The fraction of sp³-hybridized carbons (Fsp3) is 0.0400. The molecule has 0 N–H and O–H groups in total. The van der Waals surface area contributed by atoms with E-state index in [0.717, 1.165) is 27.9 Å². The molecule has 0 aliphatic rings. The van der Waals surface area contributed by atoms with E-state index in [1.807, 2.05) is 53.1 Å². The first-order valence-corrected chi connectivity index (χ1v) is 9.40. The summed E-state index contributed by atoms with van der Waals surface area (Å²) in [4.78, 5) is 0. The predicted octanol–water partition coefficient (Wildman–Crippen LogP) is 7.61. The number of halogens is 4. The zero-order chi connectivity index (χ0) is 20.9. The largest absolute Gasteiger partial charge is 0.419 e. The third-order valence-corrected chi connectivity index (χ3v) is 5.31. The maximum Gasteiger partial charge on any atom is 0.419 e. The fourth-order valence-corrected chi connectivity index (χ4v) is 4.12. The quantitative estimate of drug-likeness (QED) is 0.266. The van der Waals surface area contributed by atoms with Gasteiger partial charge in [-0.25, -0.2) is 4.39 Å². The lowest BCUT2D eigenvalue weighted by Crippen LogP contribution is -2.11. The summed E-state index contributed by atoms with van der Waals surface area (Å²) in [5, 5.41) is 2.00. The smallest absolute Gasteiger partial charge is 0.309 e. The number of alkyl halides is 3. The van der Waals surface area contributed by atoms with Gasteiger partial charge in [-0.05, 0) is 29.8 Å². The summed E-state index contributed by atoms with van der Waals surface area (Å²) in [7, 11) is 0. The minimum atomic E-state index is -4.81.